The number of ether oxygens (including phenoxy) is 2. The Morgan fingerprint density at radius 2 is 2.00 bits per heavy atom. The summed E-state index contributed by atoms with van der Waals surface area (Å²) >= 11 is 0. The molecule has 0 fully saturated rings. The van der Waals surface area contributed by atoms with Gasteiger partial charge in [-0.25, -0.2) is 0 Å². The van der Waals surface area contributed by atoms with Crippen LogP contribution in [-0.4, -0.2) is 30.5 Å². The summed E-state index contributed by atoms with van der Waals surface area (Å²) in [5.74, 6) is 1.59. The van der Waals surface area contributed by atoms with Gasteiger partial charge in [0.2, 0.25) is 0 Å². The van der Waals surface area contributed by atoms with Gasteiger partial charge in [0.05, 0.1) is 13.2 Å². The average molecular weight is 281 g/mol. The molecule has 1 aromatic rings. The smallest absolute Gasteiger partial charge is 0.124 e. The van der Waals surface area contributed by atoms with Crippen LogP contribution in [0.15, 0.2) is 18.2 Å². The highest BCUT2D eigenvalue weighted by molar-refractivity contribution is 5.40. The molecule has 0 saturated carbocycles. The number of methoxy groups -OCH3 is 1. The summed E-state index contributed by atoms with van der Waals surface area (Å²) in [6, 6.07) is 5.72. The lowest BCUT2D eigenvalue weighted by molar-refractivity contribution is 0.103. The second kappa shape index (κ2) is 7.50. The largest absolute Gasteiger partial charge is 0.497 e. The third-order valence-electron chi connectivity index (χ3n) is 2.98. The molecule has 0 bridgehead atoms. The Morgan fingerprint density at radius 1 is 1.30 bits per heavy atom. The summed E-state index contributed by atoms with van der Waals surface area (Å²) in [7, 11) is 1.65. The van der Waals surface area contributed by atoms with Gasteiger partial charge in [0.25, 0.3) is 0 Å². The van der Waals surface area contributed by atoms with Crippen LogP contribution < -0.4 is 14.8 Å². The van der Waals surface area contributed by atoms with Crippen LogP contribution in [0.5, 0.6) is 11.5 Å². The average Bonchev–Trinajstić information content (AvgIpc) is 2.41. The number of aliphatic hydroxyl groups excluding tert-OH is 1. The normalized spacial score (nSPS) is 13.1. The number of rotatable bonds is 7. The molecular weight excluding hydrogens is 254 g/mol. The zero-order valence-corrected chi connectivity index (χ0v) is 13.2. The van der Waals surface area contributed by atoms with Gasteiger partial charge < -0.3 is 19.9 Å². The second-order valence-electron chi connectivity index (χ2n) is 5.95. The minimum absolute atomic E-state index is 0.0310. The standard InChI is InChI=1S/C16H27NO3/c1-6-13(18)11-20-15-8-7-14(19-5)9-12(15)10-17-16(2,3)4/h7-9,13,17-18H,6,10-11H2,1-5H3. The van der Waals surface area contributed by atoms with E-state index >= 15 is 0 Å². The Hall–Kier alpha value is -1.26. The van der Waals surface area contributed by atoms with Crippen LogP contribution >= 0.6 is 0 Å². The van der Waals surface area contributed by atoms with Crippen molar-refractivity contribution in [3.05, 3.63) is 23.8 Å². The van der Waals surface area contributed by atoms with Gasteiger partial charge in [0.15, 0.2) is 0 Å². The molecule has 0 aliphatic heterocycles. The van der Waals surface area contributed by atoms with E-state index in [4.69, 9.17) is 9.47 Å². The topological polar surface area (TPSA) is 50.7 Å². The quantitative estimate of drug-likeness (QED) is 0.807. The van der Waals surface area contributed by atoms with Crippen molar-refractivity contribution in [3.63, 3.8) is 0 Å². The number of nitrogens with one attached hydrogen (secondary N) is 1. The Balaban J connectivity index is 2.80. The summed E-state index contributed by atoms with van der Waals surface area (Å²) < 4.78 is 11.0. The number of hydrogen-bond acceptors (Lipinski definition) is 4. The number of hydrogen-bond donors (Lipinski definition) is 2. The van der Waals surface area contributed by atoms with Gasteiger partial charge in [-0.2, -0.15) is 0 Å². The Bertz CT molecular complexity index is 413. The summed E-state index contributed by atoms with van der Waals surface area (Å²) in [6.07, 6.45) is 0.256. The molecule has 0 saturated heterocycles. The molecule has 0 spiro atoms. The van der Waals surface area contributed by atoms with E-state index in [-0.39, 0.29) is 5.54 Å². The molecule has 114 valence electrons. The highest BCUT2D eigenvalue weighted by atomic mass is 16.5. The van der Waals surface area contributed by atoms with E-state index in [1.807, 2.05) is 25.1 Å². The van der Waals surface area contributed by atoms with E-state index in [0.717, 1.165) is 17.1 Å². The maximum atomic E-state index is 9.60. The van der Waals surface area contributed by atoms with E-state index in [1.165, 1.54) is 0 Å². The van der Waals surface area contributed by atoms with Gasteiger partial charge in [-0.1, -0.05) is 6.92 Å². The van der Waals surface area contributed by atoms with Gasteiger partial charge >= 0.3 is 0 Å². The lowest BCUT2D eigenvalue weighted by atomic mass is 10.1. The van der Waals surface area contributed by atoms with E-state index in [2.05, 4.69) is 26.1 Å². The minimum atomic E-state index is -0.430. The first-order valence-corrected chi connectivity index (χ1v) is 7.08. The third kappa shape index (κ3) is 5.80. The molecule has 0 radical (unpaired) electrons. The van der Waals surface area contributed by atoms with E-state index < -0.39 is 6.10 Å². The van der Waals surface area contributed by atoms with E-state index in [0.29, 0.717) is 19.6 Å². The first-order chi connectivity index (χ1) is 9.35. The Morgan fingerprint density at radius 3 is 2.55 bits per heavy atom. The van der Waals surface area contributed by atoms with E-state index in [1.54, 1.807) is 7.11 Å². The van der Waals surface area contributed by atoms with Gasteiger partial charge in [-0.05, 0) is 45.4 Å². The Kier molecular flexibility index (Phi) is 6.30. The molecule has 0 aliphatic rings. The van der Waals surface area contributed by atoms with Gasteiger partial charge in [-0.15, -0.1) is 0 Å². The van der Waals surface area contributed by atoms with Crippen molar-refractivity contribution in [1.82, 2.24) is 5.32 Å². The van der Waals surface area contributed by atoms with Crippen molar-refractivity contribution in [2.24, 2.45) is 0 Å². The predicted octanol–water partition coefficient (Wildman–Crippen LogP) is 2.73. The van der Waals surface area contributed by atoms with Crippen LogP contribution in [0.3, 0.4) is 0 Å². The molecule has 0 amide bonds. The minimum Gasteiger partial charge on any atom is -0.497 e. The molecule has 0 aromatic heterocycles. The van der Waals surface area contributed by atoms with Crippen molar-refractivity contribution in [2.75, 3.05) is 13.7 Å². The van der Waals surface area contributed by atoms with Crippen molar-refractivity contribution >= 4 is 0 Å². The van der Waals surface area contributed by atoms with Crippen molar-refractivity contribution in [1.29, 1.82) is 0 Å². The molecular formula is C16H27NO3. The summed E-state index contributed by atoms with van der Waals surface area (Å²) in [4.78, 5) is 0. The fourth-order valence-corrected chi connectivity index (χ4v) is 1.63. The number of aliphatic hydroxyl groups is 1. The first kappa shape index (κ1) is 16.8. The second-order valence-corrected chi connectivity index (χ2v) is 5.95. The third-order valence-corrected chi connectivity index (χ3v) is 2.98. The SMILES string of the molecule is CCC(O)COc1ccc(OC)cc1CNC(C)(C)C. The van der Waals surface area contributed by atoms with Crippen molar-refractivity contribution < 1.29 is 14.6 Å². The lowest BCUT2D eigenvalue weighted by Crippen LogP contribution is -2.35. The predicted molar refractivity (Wildman–Crippen MR) is 81.4 cm³/mol. The van der Waals surface area contributed by atoms with Crippen molar-refractivity contribution in [3.8, 4) is 11.5 Å². The molecule has 2 N–H and O–H groups in total. The summed E-state index contributed by atoms with van der Waals surface area (Å²) in [6.45, 7) is 9.30. The van der Waals surface area contributed by atoms with Gasteiger partial charge in [-0.3, -0.25) is 0 Å². The maximum absolute atomic E-state index is 9.60. The van der Waals surface area contributed by atoms with Crippen LogP contribution in [-0.2, 0) is 6.54 Å². The number of benzene rings is 1. The fraction of sp³-hybridized carbons (Fsp3) is 0.625. The molecule has 1 atom stereocenters. The zero-order valence-electron chi connectivity index (χ0n) is 13.2. The monoisotopic (exact) mass is 281 g/mol. The highest BCUT2D eigenvalue weighted by Gasteiger charge is 2.13. The summed E-state index contributed by atoms with van der Waals surface area (Å²) in [5, 5.41) is 13.0. The maximum Gasteiger partial charge on any atom is 0.124 e. The van der Waals surface area contributed by atoms with Crippen LogP contribution in [0, 0.1) is 0 Å². The molecule has 1 rings (SSSR count). The molecule has 20 heavy (non-hydrogen) atoms. The molecule has 1 unspecified atom stereocenters. The highest BCUT2D eigenvalue weighted by Crippen LogP contribution is 2.25. The summed E-state index contributed by atoms with van der Waals surface area (Å²) in [5.41, 5.74) is 1.06. The van der Waals surface area contributed by atoms with Crippen LogP contribution in [0.25, 0.3) is 0 Å². The molecule has 0 heterocycles. The van der Waals surface area contributed by atoms with Gasteiger partial charge in [0, 0.05) is 17.6 Å². The fourth-order valence-electron chi connectivity index (χ4n) is 1.63. The van der Waals surface area contributed by atoms with Crippen LogP contribution in [0.1, 0.15) is 39.7 Å². The lowest BCUT2D eigenvalue weighted by Gasteiger charge is -2.22. The zero-order chi connectivity index (χ0) is 15.2. The molecule has 0 aliphatic carbocycles. The Labute approximate surface area is 122 Å². The van der Waals surface area contributed by atoms with Crippen LogP contribution in [0.2, 0.25) is 0 Å². The van der Waals surface area contributed by atoms with Gasteiger partial charge in [0.1, 0.15) is 18.1 Å². The van der Waals surface area contributed by atoms with E-state index in [9.17, 15) is 5.11 Å². The van der Waals surface area contributed by atoms with Crippen LogP contribution in [0.4, 0.5) is 0 Å². The van der Waals surface area contributed by atoms with Crippen molar-refractivity contribution in [2.45, 2.75) is 52.3 Å². The first-order valence-electron chi connectivity index (χ1n) is 7.08. The molecule has 1 aromatic carbocycles. The molecule has 4 nitrogen and oxygen atoms in total. The molecule has 4 heteroatoms.